The van der Waals surface area contributed by atoms with Crippen LogP contribution < -0.4 is 0 Å². The number of hydrogen-bond acceptors (Lipinski definition) is 6. The maximum Gasteiger partial charge on any atom is 0.206 e. The maximum absolute atomic E-state index is 12.0. The van der Waals surface area contributed by atoms with Crippen LogP contribution in [0.2, 0.25) is 0 Å². The van der Waals surface area contributed by atoms with E-state index in [4.69, 9.17) is 8.94 Å². The molecule has 0 radical (unpaired) electrons. The van der Waals surface area contributed by atoms with E-state index in [1.807, 2.05) is 30.5 Å². The second-order valence-electron chi connectivity index (χ2n) is 4.25. The van der Waals surface area contributed by atoms with Gasteiger partial charge in [0.05, 0.1) is 22.5 Å². The van der Waals surface area contributed by atoms with Crippen LogP contribution in [0.25, 0.3) is 10.6 Å². The summed E-state index contributed by atoms with van der Waals surface area (Å²) in [5.74, 6) is 2.53. The van der Waals surface area contributed by atoms with Crippen LogP contribution in [0.3, 0.4) is 0 Å². The number of nitrogens with zero attached hydrogens (tertiary/aromatic N) is 2. The van der Waals surface area contributed by atoms with E-state index < -0.39 is 10.8 Å². The SMILES string of the molecule is Cc1cnc(C[S@](=O)Cc2cc(-c3cccs3)on2)o1. The highest BCUT2D eigenvalue weighted by molar-refractivity contribution is 7.83. The Balaban J connectivity index is 1.64. The average molecular weight is 308 g/mol. The molecule has 0 aliphatic rings. The Kier molecular flexibility index (Phi) is 3.79. The van der Waals surface area contributed by atoms with E-state index in [0.717, 1.165) is 10.6 Å². The summed E-state index contributed by atoms with van der Waals surface area (Å²) in [6.07, 6.45) is 1.62. The number of aryl methyl sites for hydroxylation is 1. The summed E-state index contributed by atoms with van der Waals surface area (Å²) in [4.78, 5) is 5.05. The van der Waals surface area contributed by atoms with Crippen LogP contribution in [0, 0.1) is 6.92 Å². The molecular weight excluding hydrogens is 296 g/mol. The Bertz CT molecular complexity index is 716. The second-order valence-corrected chi connectivity index (χ2v) is 6.66. The van der Waals surface area contributed by atoms with Gasteiger partial charge in [0, 0.05) is 16.9 Å². The first-order valence-corrected chi connectivity index (χ1v) is 8.33. The zero-order valence-corrected chi connectivity index (χ0v) is 12.4. The third-order valence-corrected chi connectivity index (χ3v) is 4.66. The van der Waals surface area contributed by atoms with E-state index in [0.29, 0.717) is 23.1 Å². The Morgan fingerprint density at radius 3 is 3.00 bits per heavy atom. The molecule has 0 saturated heterocycles. The zero-order chi connectivity index (χ0) is 13.9. The summed E-state index contributed by atoms with van der Waals surface area (Å²) in [6.45, 7) is 1.81. The third kappa shape index (κ3) is 3.05. The first kappa shape index (κ1) is 13.3. The van der Waals surface area contributed by atoms with Gasteiger partial charge in [0.1, 0.15) is 11.5 Å². The summed E-state index contributed by atoms with van der Waals surface area (Å²) >= 11 is 1.58. The lowest BCUT2D eigenvalue weighted by Crippen LogP contribution is -1.99. The van der Waals surface area contributed by atoms with Crippen molar-refractivity contribution in [3.8, 4) is 10.6 Å². The minimum atomic E-state index is -1.12. The molecule has 0 aliphatic heterocycles. The van der Waals surface area contributed by atoms with Crippen LogP contribution in [-0.2, 0) is 22.3 Å². The van der Waals surface area contributed by atoms with E-state index in [9.17, 15) is 4.21 Å². The zero-order valence-electron chi connectivity index (χ0n) is 10.7. The van der Waals surface area contributed by atoms with E-state index in [1.165, 1.54) is 0 Å². The van der Waals surface area contributed by atoms with Crippen LogP contribution in [0.4, 0.5) is 0 Å². The summed E-state index contributed by atoms with van der Waals surface area (Å²) in [7, 11) is -1.12. The molecule has 0 unspecified atom stereocenters. The van der Waals surface area contributed by atoms with Crippen molar-refractivity contribution in [3.63, 3.8) is 0 Å². The molecule has 0 N–H and O–H groups in total. The Morgan fingerprint density at radius 1 is 1.40 bits per heavy atom. The molecule has 7 heteroatoms. The largest absolute Gasteiger partial charge is 0.445 e. The third-order valence-electron chi connectivity index (χ3n) is 2.59. The van der Waals surface area contributed by atoms with Crippen LogP contribution in [0.5, 0.6) is 0 Å². The Morgan fingerprint density at radius 2 is 2.30 bits per heavy atom. The summed E-state index contributed by atoms with van der Waals surface area (Å²) in [6, 6.07) is 5.73. The van der Waals surface area contributed by atoms with Crippen molar-refractivity contribution in [1.29, 1.82) is 0 Å². The van der Waals surface area contributed by atoms with E-state index in [-0.39, 0.29) is 5.75 Å². The molecular formula is C13H12N2O3S2. The molecule has 0 amide bonds. The molecule has 0 fully saturated rings. The molecule has 3 heterocycles. The molecule has 0 bridgehead atoms. The molecule has 3 aromatic rings. The molecule has 20 heavy (non-hydrogen) atoms. The highest BCUT2D eigenvalue weighted by atomic mass is 32.2. The van der Waals surface area contributed by atoms with Gasteiger partial charge < -0.3 is 8.94 Å². The number of oxazole rings is 1. The monoisotopic (exact) mass is 308 g/mol. The fourth-order valence-electron chi connectivity index (χ4n) is 1.74. The van der Waals surface area contributed by atoms with Gasteiger partial charge in [-0.25, -0.2) is 4.98 Å². The molecule has 5 nitrogen and oxygen atoms in total. The molecule has 0 aliphatic carbocycles. The van der Waals surface area contributed by atoms with Gasteiger partial charge in [0.2, 0.25) is 5.89 Å². The quantitative estimate of drug-likeness (QED) is 0.724. The van der Waals surface area contributed by atoms with Gasteiger partial charge in [-0.1, -0.05) is 11.2 Å². The maximum atomic E-state index is 12.0. The molecule has 0 spiro atoms. The average Bonchev–Trinajstić information content (AvgIpc) is 3.10. The molecule has 104 valence electrons. The minimum Gasteiger partial charge on any atom is -0.445 e. The molecule has 0 saturated carbocycles. The topological polar surface area (TPSA) is 69.1 Å². The predicted molar refractivity (Wildman–Crippen MR) is 76.6 cm³/mol. The van der Waals surface area contributed by atoms with Gasteiger partial charge in [0.25, 0.3) is 0 Å². The van der Waals surface area contributed by atoms with E-state index in [2.05, 4.69) is 10.1 Å². The molecule has 0 aromatic carbocycles. The van der Waals surface area contributed by atoms with Crippen molar-refractivity contribution in [2.45, 2.75) is 18.4 Å². The van der Waals surface area contributed by atoms with Crippen molar-refractivity contribution < 1.29 is 13.1 Å². The molecule has 3 rings (SSSR count). The van der Waals surface area contributed by atoms with Crippen LogP contribution in [-0.4, -0.2) is 14.3 Å². The molecule has 3 aromatic heterocycles. The highest BCUT2D eigenvalue weighted by Gasteiger charge is 2.12. The van der Waals surface area contributed by atoms with Crippen molar-refractivity contribution in [2.24, 2.45) is 0 Å². The number of hydrogen-bond donors (Lipinski definition) is 0. The predicted octanol–water partition coefficient (Wildman–Crippen LogP) is 3.15. The van der Waals surface area contributed by atoms with Crippen LogP contribution >= 0.6 is 11.3 Å². The fourth-order valence-corrected chi connectivity index (χ4v) is 3.39. The lowest BCUT2D eigenvalue weighted by Gasteiger charge is -1.95. The van der Waals surface area contributed by atoms with Crippen LogP contribution in [0.15, 0.2) is 38.7 Å². The lowest BCUT2D eigenvalue weighted by atomic mass is 10.3. The standard InChI is InChI=1S/C13H12N2O3S2/c1-9-6-14-13(17-9)8-20(16)7-10-5-11(18-15-10)12-3-2-4-19-12/h2-6H,7-8H2,1H3/t20-/m1/s1. The first-order valence-electron chi connectivity index (χ1n) is 5.96. The van der Waals surface area contributed by atoms with Gasteiger partial charge in [0.15, 0.2) is 5.76 Å². The normalized spacial score (nSPS) is 12.7. The van der Waals surface area contributed by atoms with Crippen molar-refractivity contribution in [2.75, 3.05) is 0 Å². The van der Waals surface area contributed by atoms with E-state index in [1.54, 1.807) is 17.5 Å². The van der Waals surface area contributed by atoms with Gasteiger partial charge in [-0.05, 0) is 18.4 Å². The summed E-state index contributed by atoms with van der Waals surface area (Å²) < 4.78 is 22.6. The van der Waals surface area contributed by atoms with Gasteiger partial charge in [-0.3, -0.25) is 4.21 Å². The number of thiophene rings is 1. The Labute approximate surface area is 122 Å². The van der Waals surface area contributed by atoms with Gasteiger partial charge >= 0.3 is 0 Å². The lowest BCUT2D eigenvalue weighted by molar-refractivity contribution is 0.427. The van der Waals surface area contributed by atoms with E-state index >= 15 is 0 Å². The summed E-state index contributed by atoms with van der Waals surface area (Å²) in [5, 5.41) is 5.92. The van der Waals surface area contributed by atoms with Gasteiger partial charge in [-0.15, -0.1) is 11.3 Å². The minimum absolute atomic E-state index is 0.287. The highest BCUT2D eigenvalue weighted by Crippen LogP contribution is 2.25. The first-order chi connectivity index (χ1) is 9.70. The Hall–Kier alpha value is -1.73. The van der Waals surface area contributed by atoms with Crippen LogP contribution in [0.1, 0.15) is 17.3 Å². The molecule has 1 atom stereocenters. The second kappa shape index (κ2) is 5.72. The summed E-state index contributed by atoms with van der Waals surface area (Å²) in [5.41, 5.74) is 0.676. The van der Waals surface area contributed by atoms with Crippen molar-refractivity contribution in [1.82, 2.24) is 10.1 Å². The smallest absolute Gasteiger partial charge is 0.206 e. The van der Waals surface area contributed by atoms with Crippen molar-refractivity contribution in [3.05, 3.63) is 47.1 Å². The van der Waals surface area contributed by atoms with Crippen molar-refractivity contribution >= 4 is 22.1 Å². The number of aromatic nitrogens is 2. The number of rotatable bonds is 5. The van der Waals surface area contributed by atoms with Gasteiger partial charge in [-0.2, -0.15) is 0 Å². The fraction of sp³-hybridized carbons (Fsp3) is 0.231.